The Balaban J connectivity index is 1.80. The van der Waals surface area contributed by atoms with E-state index in [0.717, 1.165) is 18.5 Å². The molecule has 1 amide bonds. The van der Waals surface area contributed by atoms with Crippen LogP contribution in [0.2, 0.25) is 0 Å². The molecule has 0 aliphatic heterocycles. The number of nitrogens with one attached hydrogen (secondary N) is 2. The highest BCUT2D eigenvalue weighted by Crippen LogP contribution is 2.29. The first kappa shape index (κ1) is 15.0. The number of anilines is 2. The van der Waals surface area contributed by atoms with E-state index in [-0.39, 0.29) is 11.6 Å². The van der Waals surface area contributed by atoms with E-state index < -0.39 is 4.92 Å². The number of nitrogens with zero attached hydrogens (tertiary/aromatic N) is 1. The number of amides is 1. The third-order valence-electron chi connectivity index (χ3n) is 3.76. The zero-order chi connectivity index (χ0) is 16.2. The number of carbonyl (C=O) groups excluding carboxylic acids is 1. The summed E-state index contributed by atoms with van der Waals surface area (Å²) >= 11 is 0. The molecule has 0 saturated heterocycles. The third kappa shape index (κ3) is 3.85. The maximum atomic E-state index is 12.1. The molecule has 1 fully saturated rings. The van der Waals surface area contributed by atoms with E-state index in [0.29, 0.717) is 23.7 Å². The lowest BCUT2D eigenvalue weighted by molar-refractivity contribution is -0.383. The van der Waals surface area contributed by atoms with Crippen LogP contribution in [-0.2, 0) is 0 Å². The zero-order valence-electron chi connectivity index (χ0n) is 12.5. The molecular formula is C17H17N3O3. The van der Waals surface area contributed by atoms with Gasteiger partial charge in [0, 0.05) is 23.9 Å². The number of benzene rings is 2. The number of nitro groups is 1. The fraction of sp³-hybridized carbons (Fsp3) is 0.235. The molecule has 1 aliphatic rings. The highest BCUT2D eigenvalue weighted by Gasteiger charge is 2.23. The predicted molar refractivity (Wildman–Crippen MR) is 87.9 cm³/mol. The van der Waals surface area contributed by atoms with Gasteiger partial charge in [0.25, 0.3) is 11.6 Å². The van der Waals surface area contributed by atoms with Crippen LogP contribution in [-0.4, -0.2) is 17.4 Å². The molecule has 1 aliphatic carbocycles. The van der Waals surface area contributed by atoms with Gasteiger partial charge < -0.3 is 10.6 Å². The Morgan fingerprint density at radius 3 is 2.57 bits per heavy atom. The first-order chi connectivity index (χ1) is 11.1. The largest absolute Gasteiger partial charge is 0.352 e. The second kappa shape index (κ2) is 6.48. The number of nitro benzene ring substituents is 1. The van der Waals surface area contributed by atoms with Crippen LogP contribution in [0.5, 0.6) is 0 Å². The maximum Gasteiger partial charge on any atom is 0.293 e. The molecule has 23 heavy (non-hydrogen) atoms. The first-order valence-electron chi connectivity index (χ1n) is 7.52. The summed E-state index contributed by atoms with van der Waals surface area (Å²) in [5.41, 5.74) is 1.30. The van der Waals surface area contributed by atoms with Crippen LogP contribution in [0.1, 0.15) is 23.2 Å². The van der Waals surface area contributed by atoms with Crippen molar-refractivity contribution in [2.45, 2.75) is 12.8 Å². The van der Waals surface area contributed by atoms with Crippen molar-refractivity contribution in [1.29, 1.82) is 0 Å². The molecule has 1 saturated carbocycles. The number of para-hydroxylation sites is 1. The molecular weight excluding hydrogens is 294 g/mol. The van der Waals surface area contributed by atoms with E-state index in [4.69, 9.17) is 0 Å². The van der Waals surface area contributed by atoms with Crippen LogP contribution in [0.3, 0.4) is 0 Å². The van der Waals surface area contributed by atoms with E-state index >= 15 is 0 Å². The van der Waals surface area contributed by atoms with Gasteiger partial charge in [0.2, 0.25) is 0 Å². The van der Waals surface area contributed by atoms with Gasteiger partial charge in [-0.2, -0.15) is 0 Å². The lowest BCUT2D eigenvalue weighted by Crippen LogP contribution is -2.25. The Kier molecular flexibility index (Phi) is 4.23. The quantitative estimate of drug-likeness (QED) is 0.632. The summed E-state index contributed by atoms with van der Waals surface area (Å²) in [4.78, 5) is 22.9. The molecule has 0 bridgehead atoms. The Morgan fingerprint density at radius 1 is 1.17 bits per heavy atom. The van der Waals surface area contributed by atoms with Crippen molar-refractivity contribution in [3.05, 3.63) is 64.2 Å². The summed E-state index contributed by atoms with van der Waals surface area (Å²) in [7, 11) is 0. The highest BCUT2D eigenvalue weighted by molar-refractivity contribution is 5.96. The summed E-state index contributed by atoms with van der Waals surface area (Å²) in [6.07, 6.45) is 2.28. The van der Waals surface area contributed by atoms with Gasteiger partial charge in [0.15, 0.2) is 0 Å². The molecule has 2 N–H and O–H groups in total. The van der Waals surface area contributed by atoms with Gasteiger partial charge in [0.05, 0.1) is 4.92 Å². The van der Waals surface area contributed by atoms with Gasteiger partial charge in [-0.1, -0.05) is 18.2 Å². The summed E-state index contributed by atoms with van der Waals surface area (Å²) in [6.45, 7) is 0.636. The molecule has 0 spiro atoms. The summed E-state index contributed by atoms with van der Waals surface area (Å²) in [5.74, 6) is 0.291. The molecule has 2 aromatic rings. The Morgan fingerprint density at radius 2 is 1.91 bits per heavy atom. The van der Waals surface area contributed by atoms with Crippen LogP contribution in [0.4, 0.5) is 17.1 Å². The van der Waals surface area contributed by atoms with Crippen LogP contribution in [0.15, 0.2) is 48.5 Å². The molecule has 3 rings (SSSR count). The molecule has 6 nitrogen and oxygen atoms in total. The van der Waals surface area contributed by atoms with Gasteiger partial charge in [-0.3, -0.25) is 14.9 Å². The highest BCUT2D eigenvalue weighted by atomic mass is 16.6. The molecule has 2 aromatic carbocycles. The maximum absolute atomic E-state index is 12.1. The Hall–Kier alpha value is -2.89. The molecule has 0 aromatic heterocycles. The van der Waals surface area contributed by atoms with Crippen molar-refractivity contribution >= 4 is 23.0 Å². The molecule has 0 unspecified atom stereocenters. The van der Waals surface area contributed by atoms with Crippen molar-refractivity contribution in [3.63, 3.8) is 0 Å². The minimum absolute atomic E-state index is 0.118. The SMILES string of the molecule is O=C(NCC1CC1)c1ccc(Nc2ccccc2)c([N+](=O)[O-])c1. The van der Waals surface area contributed by atoms with Crippen molar-refractivity contribution in [2.75, 3.05) is 11.9 Å². The fourth-order valence-corrected chi connectivity index (χ4v) is 2.27. The average Bonchev–Trinajstić information content (AvgIpc) is 3.38. The van der Waals surface area contributed by atoms with Crippen LogP contribution >= 0.6 is 0 Å². The van der Waals surface area contributed by atoms with Gasteiger partial charge in [-0.15, -0.1) is 0 Å². The fourth-order valence-electron chi connectivity index (χ4n) is 2.27. The van der Waals surface area contributed by atoms with Crippen molar-refractivity contribution in [1.82, 2.24) is 5.32 Å². The molecule has 0 atom stereocenters. The van der Waals surface area contributed by atoms with Crippen molar-refractivity contribution in [2.24, 2.45) is 5.92 Å². The van der Waals surface area contributed by atoms with Crippen molar-refractivity contribution in [3.8, 4) is 0 Å². The number of rotatable bonds is 6. The van der Waals surface area contributed by atoms with Crippen LogP contribution in [0, 0.1) is 16.0 Å². The second-order valence-corrected chi connectivity index (χ2v) is 5.63. The molecule has 6 heteroatoms. The summed E-state index contributed by atoms with van der Waals surface area (Å²) in [5, 5.41) is 17.1. The van der Waals surface area contributed by atoms with Gasteiger partial charge in [-0.25, -0.2) is 0 Å². The predicted octanol–water partition coefficient (Wildman–Crippen LogP) is 3.48. The Labute approximate surface area is 133 Å². The smallest absolute Gasteiger partial charge is 0.293 e. The van der Waals surface area contributed by atoms with E-state index in [1.807, 2.05) is 30.3 Å². The van der Waals surface area contributed by atoms with Crippen LogP contribution in [0.25, 0.3) is 0 Å². The average molecular weight is 311 g/mol. The Bertz CT molecular complexity index is 727. The zero-order valence-corrected chi connectivity index (χ0v) is 12.5. The minimum Gasteiger partial charge on any atom is -0.352 e. The third-order valence-corrected chi connectivity index (χ3v) is 3.76. The molecule has 118 valence electrons. The second-order valence-electron chi connectivity index (χ2n) is 5.63. The lowest BCUT2D eigenvalue weighted by Gasteiger charge is -2.09. The number of carbonyl (C=O) groups is 1. The molecule has 0 radical (unpaired) electrons. The van der Waals surface area contributed by atoms with E-state index in [2.05, 4.69) is 10.6 Å². The monoisotopic (exact) mass is 311 g/mol. The number of hydrogen-bond acceptors (Lipinski definition) is 4. The molecule has 0 heterocycles. The lowest BCUT2D eigenvalue weighted by atomic mass is 10.1. The van der Waals surface area contributed by atoms with Crippen LogP contribution < -0.4 is 10.6 Å². The normalized spacial score (nSPS) is 13.4. The van der Waals surface area contributed by atoms with Gasteiger partial charge >= 0.3 is 0 Å². The van der Waals surface area contributed by atoms with E-state index in [9.17, 15) is 14.9 Å². The van der Waals surface area contributed by atoms with E-state index in [1.54, 1.807) is 12.1 Å². The standard InChI is InChI=1S/C17H17N3O3/c21-17(18-11-12-6-7-12)13-8-9-15(16(10-13)20(22)23)19-14-4-2-1-3-5-14/h1-5,8-10,12,19H,6-7,11H2,(H,18,21). The van der Waals surface area contributed by atoms with Gasteiger partial charge in [0.1, 0.15) is 5.69 Å². The summed E-state index contributed by atoms with van der Waals surface area (Å²) in [6, 6.07) is 13.7. The minimum atomic E-state index is -0.483. The topological polar surface area (TPSA) is 84.3 Å². The van der Waals surface area contributed by atoms with E-state index in [1.165, 1.54) is 6.07 Å². The first-order valence-corrected chi connectivity index (χ1v) is 7.52. The number of hydrogen-bond donors (Lipinski definition) is 2. The van der Waals surface area contributed by atoms with Gasteiger partial charge in [-0.05, 0) is 43.0 Å². The summed E-state index contributed by atoms with van der Waals surface area (Å²) < 4.78 is 0. The van der Waals surface area contributed by atoms with Crippen molar-refractivity contribution < 1.29 is 9.72 Å².